The molecular formula is C14H28N2O. The largest absolute Gasteiger partial charge is 0.335 e. The first kappa shape index (κ1) is 14.3. The van der Waals surface area contributed by atoms with Crippen molar-refractivity contribution in [2.75, 3.05) is 0 Å². The van der Waals surface area contributed by atoms with Gasteiger partial charge in [-0.25, -0.2) is 4.79 Å². The molecule has 0 heterocycles. The smallest absolute Gasteiger partial charge is 0.315 e. The Morgan fingerprint density at radius 2 is 1.82 bits per heavy atom. The van der Waals surface area contributed by atoms with E-state index in [-0.39, 0.29) is 11.6 Å². The number of nitrogens with one attached hydrogen (secondary N) is 2. The van der Waals surface area contributed by atoms with Gasteiger partial charge in [-0.3, -0.25) is 0 Å². The average Bonchev–Trinajstić information content (AvgIpc) is 2.24. The molecule has 0 radical (unpaired) electrons. The summed E-state index contributed by atoms with van der Waals surface area (Å²) in [6, 6.07) is 0.326. The molecule has 0 aliphatic heterocycles. The molecule has 0 aromatic heterocycles. The molecule has 1 rings (SSSR count). The van der Waals surface area contributed by atoms with Crippen molar-refractivity contribution >= 4 is 6.03 Å². The molecule has 3 nitrogen and oxygen atoms in total. The second-order valence-electron chi connectivity index (χ2n) is 6.26. The third kappa shape index (κ3) is 5.42. The molecule has 0 spiro atoms. The van der Waals surface area contributed by atoms with Crippen molar-refractivity contribution in [3.63, 3.8) is 0 Å². The number of amides is 2. The molecular weight excluding hydrogens is 212 g/mol. The summed E-state index contributed by atoms with van der Waals surface area (Å²) in [5.74, 6) is 0.680. The van der Waals surface area contributed by atoms with Crippen molar-refractivity contribution in [3.05, 3.63) is 0 Å². The molecule has 3 heteroatoms. The van der Waals surface area contributed by atoms with Crippen molar-refractivity contribution < 1.29 is 4.79 Å². The van der Waals surface area contributed by atoms with E-state index in [2.05, 4.69) is 17.6 Å². The maximum atomic E-state index is 11.8. The highest BCUT2D eigenvalue weighted by atomic mass is 16.2. The quantitative estimate of drug-likeness (QED) is 0.779. The fourth-order valence-corrected chi connectivity index (χ4v) is 2.63. The van der Waals surface area contributed by atoms with Gasteiger partial charge in [0.1, 0.15) is 0 Å². The summed E-state index contributed by atoms with van der Waals surface area (Å²) in [4.78, 5) is 11.8. The Labute approximate surface area is 106 Å². The second kappa shape index (κ2) is 6.27. The van der Waals surface area contributed by atoms with Crippen LogP contribution in [0.5, 0.6) is 0 Å². The summed E-state index contributed by atoms with van der Waals surface area (Å²) in [7, 11) is 0. The van der Waals surface area contributed by atoms with Crippen LogP contribution in [0.15, 0.2) is 0 Å². The van der Waals surface area contributed by atoms with E-state index in [9.17, 15) is 4.79 Å². The first-order chi connectivity index (χ1) is 7.92. The van der Waals surface area contributed by atoms with Gasteiger partial charge in [0, 0.05) is 11.6 Å². The molecule has 2 N–H and O–H groups in total. The summed E-state index contributed by atoms with van der Waals surface area (Å²) >= 11 is 0. The Kier molecular flexibility index (Phi) is 5.29. The van der Waals surface area contributed by atoms with Gasteiger partial charge >= 0.3 is 6.03 Å². The summed E-state index contributed by atoms with van der Waals surface area (Å²) < 4.78 is 0. The van der Waals surface area contributed by atoms with Crippen LogP contribution in [0, 0.1) is 5.92 Å². The van der Waals surface area contributed by atoms with E-state index in [0.29, 0.717) is 12.0 Å². The molecule has 1 fully saturated rings. The minimum absolute atomic E-state index is 0.0186. The van der Waals surface area contributed by atoms with E-state index in [4.69, 9.17) is 0 Å². The normalized spacial score (nSPS) is 19.8. The number of carbonyl (C=O) groups is 1. The maximum absolute atomic E-state index is 11.8. The third-order valence-electron chi connectivity index (χ3n) is 3.46. The lowest BCUT2D eigenvalue weighted by atomic mass is 9.83. The van der Waals surface area contributed by atoms with Crippen LogP contribution in [0.1, 0.15) is 66.2 Å². The van der Waals surface area contributed by atoms with E-state index in [1.54, 1.807) is 0 Å². The second-order valence-corrected chi connectivity index (χ2v) is 6.26. The molecule has 2 amide bonds. The zero-order valence-corrected chi connectivity index (χ0v) is 11.8. The van der Waals surface area contributed by atoms with E-state index in [1.807, 2.05) is 20.8 Å². The highest BCUT2D eigenvalue weighted by Crippen LogP contribution is 2.27. The van der Waals surface area contributed by atoms with Crippen LogP contribution in [0.3, 0.4) is 0 Å². The Balaban J connectivity index is 2.42. The van der Waals surface area contributed by atoms with Crippen molar-refractivity contribution in [3.8, 4) is 0 Å². The van der Waals surface area contributed by atoms with Crippen LogP contribution in [-0.4, -0.2) is 17.6 Å². The van der Waals surface area contributed by atoms with Gasteiger partial charge in [0.05, 0.1) is 0 Å². The number of hydrogen-bond donors (Lipinski definition) is 2. The minimum atomic E-state index is -0.158. The highest BCUT2D eigenvalue weighted by Gasteiger charge is 2.24. The summed E-state index contributed by atoms with van der Waals surface area (Å²) in [5.41, 5.74) is -0.158. The highest BCUT2D eigenvalue weighted by molar-refractivity contribution is 5.75. The Hall–Kier alpha value is -0.730. The van der Waals surface area contributed by atoms with Gasteiger partial charge in [-0.2, -0.15) is 0 Å². The fraction of sp³-hybridized carbons (Fsp3) is 0.929. The predicted molar refractivity (Wildman–Crippen MR) is 72.1 cm³/mol. The van der Waals surface area contributed by atoms with Gasteiger partial charge in [-0.15, -0.1) is 0 Å². The minimum Gasteiger partial charge on any atom is -0.335 e. The molecule has 1 saturated carbocycles. The van der Waals surface area contributed by atoms with E-state index < -0.39 is 0 Å². The van der Waals surface area contributed by atoms with Crippen LogP contribution >= 0.6 is 0 Å². The lowest BCUT2D eigenvalue weighted by Crippen LogP contribution is -2.51. The van der Waals surface area contributed by atoms with E-state index in [0.717, 1.165) is 6.42 Å². The summed E-state index contributed by atoms with van der Waals surface area (Å²) in [6.45, 7) is 8.19. The molecule has 17 heavy (non-hydrogen) atoms. The zero-order chi connectivity index (χ0) is 12.9. The van der Waals surface area contributed by atoms with Crippen molar-refractivity contribution in [2.45, 2.75) is 77.8 Å². The molecule has 1 atom stereocenters. The maximum Gasteiger partial charge on any atom is 0.315 e. The number of rotatable bonds is 3. The molecule has 0 saturated heterocycles. The first-order valence-corrected chi connectivity index (χ1v) is 7.01. The van der Waals surface area contributed by atoms with Gasteiger partial charge < -0.3 is 10.6 Å². The monoisotopic (exact) mass is 240 g/mol. The van der Waals surface area contributed by atoms with Gasteiger partial charge in [-0.1, -0.05) is 26.2 Å². The lowest BCUT2D eigenvalue weighted by molar-refractivity contribution is 0.212. The molecule has 0 aromatic carbocycles. The van der Waals surface area contributed by atoms with Gasteiger partial charge in [-0.05, 0) is 46.0 Å². The Morgan fingerprint density at radius 3 is 2.29 bits per heavy atom. The third-order valence-corrected chi connectivity index (χ3v) is 3.46. The molecule has 100 valence electrons. The van der Waals surface area contributed by atoms with Crippen LogP contribution in [0.2, 0.25) is 0 Å². The van der Waals surface area contributed by atoms with Gasteiger partial charge in [0.2, 0.25) is 0 Å². The van der Waals surface area contributed by atoms with E-state index >= 15 is 0 Å². The van der Waals surface area contributed by atoms with Gasteiger partial charge in [0.15, 0.2) is 0 Å². The molecule has 1 aliphatic carbocycles. The summed E-state index contributed by atoms with van der Waals surface area (Å²) in [5, 5.41) is 6.12. The Morgan fingerprint density at radius 1 is 1.24 bits per heavy atom. The summed E-state index contributed by atoms with van der Waals surface area (Å²) in [6.07, 6.45) is 7.58. The van der Waals surface area contributed by atoms with Crippen LogP contribution in [0.25, 0.3) is 0 Å². The topological polar surface area (TPSA) is 41.1 Å². The van der Waals surface area contributed by atoms with Crippen molar-refractivity contribution in [1.82, 2.24) is 10.6 Å². The molecule has 0 aromatic rings. The standard InChI is InChI=1S/C14H28N2O/c1-5-12(11-9-7-6-8-10-11)15-13(17)16-14(2,3)4/h11-12H,5-10H2,1-4H3,(H2,15,16,17). The SMILES string of the molecule is CCC(NC(=O)NC(C)(C)C)C1CCCCC1. The number of urea groups is 1. The zero-order valence-electron chi connectivity index (χ0n) is 11.8. The van der Waals surface area contributed by atoms with E-state index in [1.165, 1.54) is 32.1 Å². The predicted octanol–water partition coefficient (Wildman–Crippen LogP) is 3.44. The molecule has 0 bridgehead atoms. The lowest BCUT2D eigenvalue weighted by Gasteiger charge is -2.31. The van der Waals surface area contributed by atoms with Crippen molar-refractivity contribution in [1.29, 1.82) is 0 Å². The fourth-order valence-electron chi connectivity index (χ4n) is 2.63. The number of hydrogen-bond acceptors (Lipinski definition) is 1. The van der Waals surface area contributed by atoms with Gasteiger partial charge in [0.25, 0.3) is 0 Å². The van der Waals surface area contributed by atoms with Crippen LogP contribution in [-0.2, 0) is 0 Å². The van der Waals surface area contributed by atoms with Crippen molar-refractivity contribution in [2.24, 2.45) is 5.92 Å². The number of carbonyl (C=O) groups excluding carboxylic acids is 1. The first-order valence-electron chi connectivity index (χ1n) is 7.01. The molecule has 1 unspecified atom stereocenters. The Bertz CT molecular complexity index is 239. The molecule has 1 aliphatic rings. The van der Waals surface area contributed by atoms with Crippen LogP contribution in [0.4, 0.5) is 4.79 Å². The average molecular weight is 240 g/mol. The van der Waals surface area contributed by atoms with Crippen LogP contribution < -0.4 is 10.6 Å².